The Morgan fingerprint density at radius 2 is 2.14 bits per heavy atom. The number of piperidine rings is 1. The van der Waals surface area contributed by atoms with Crippen LogP contribution in [-0.2, 0) is 23.0 Å². The van der Waals surface area contributed by atoms with Crippen molar-refractivity contribution < 1.29 is 17.6 Å². The quantitative estimate of drug-likeness (QED) is 0.370. The Hall–Kier alpha value is -3.16. The Balaban J connectivity index is 1.35. The third kappa shape index (κ3) is 4.78. The molecule has 1 aromatic carbocycles. The van der Waals surface area contributed by atoms with Crippen molar-refractivity contribution in [1.29, 1.82) is 0 Å². The molecule has 3 aromatic heterocycles. The smallest absolute Gasteiger partial charge is 0.227 e. The first-order valence-electron chi connectivity index (χ1n) is 12.2. The topological polar surface area (TPSA) is 142 Å². The number of imidazole rings is 1. The SMILES string of the molecule is CS(=O)(=O)N1CCCC(CCn2c(Sc3cc4c(cc3-c3ncco3)CCO4)nc3c(N)ncnc32)C1. The molecule has 4 aromatic rings. The van der Waals surface area contributed by atoms with Gasteiger partial charge in [-0.2, -0.15) is 0 Å². The van der Waals surface area contributed by atoms with Crippen LogP contribution in [0, 0.1) is 5.92 Å². The van der Waals surface area contributed by atoms with Crippen LogP contribution in [-0.4, -0.2) is 63.2 Å². The summed E-state index contributed by atoms with van der Waals surface area (Å²) in [6, 6.07) is 4.08. The average molecular weight is 542 g/mol. The van der Waals surface area contributed by atoms with Crippen LogP contribution in [0.1, 0.15) is 24.8 Å². The fraction of sp³-hybridized carbons (Fsp3) is 0.417. The van der Waals surface area contributed by atoms with Gasteiger partial charge in [-0.1, -0.05) is 11.8 Å². The van der Waals surface area contributed by atoms with Crippen molar-refractivity contribution in [3.8, 4) is 17.2 Å². The molecule has 0 radical (unpaired) electrons. The maximum atomic E-state index is 12.1. The standard InChI is InChI=1S/C24H27N7O4S2/c1-37(32,33)30-7-2-3-15(13-30)4-8-31-22-20(21(25)27-14-28-22)29-24(31)36-19-12-18-16(5-9-34-18)11-17(19)23-26-6-10-35-23/h6,10-12,14-15H,2-5,7-9,13H2,1H3,(H2,25,27,28). The van der Waals surface area contributed by atoms with E-state index in [1.807, 2.05) is 10.6 Å². The summed E-state index contributed by atoms with van der Waals surface area (Å²) in [6.07, 6.45) is 9.37. The number of anilines is 1. The van der Waals surface area contributed by atoms with E-state index in [9.17, 15) is 8.42 Å². The molecule has 194 valence electrons. The first-order valence-corrected chi connectivity index (χ1v) is 14.8. The Kier molecular flexibility index (Phi) is 6.29. The van der Waals surface area contributed by atoms with Crippen molar-refractivity contribution in [1.82, 2.24) is 28.8 Å². The molecule has 1 fully saturated rings. The highest BCUT2D eigenvalue weighted by atomic mass is 32.2. The van der Waals surface area contributed by atoms with E-state index in [0.717, 1.165) is 47.5 Å². The average Bonchev–Trinajstić information content (AvgIpc) is 3.63. The second-order valence-corrected chi connectivity index (χ2v) is 12.4. The van der Waals surface area contributed by atoms with Crippen molar-refractivity contribution in [3.05, 3.63) is 36.5 Å². The highest BCUT2D eigenvalue weighted by Gasteiger charge is 2.27. The zero-order valence-corrected chi connectivity index (χ0v) is 22.0. The minimum atomic E-state index is -3.21. The van der Waals surface area contributed by atoms with E-state index >= 15 is 0 Å². The fourth-order valence-corrected chi connectivity index (χ4v) is 6.99. The number of fused-ring (bicyclic) bond motifs is 2. The number of rotatable bonds is 7. The highest BCUT2D eigenvalue weighted by Crippen LogP contribution is 2.42. The number of nitrogens with two attached hydrogens (primary N) is 1. The highest BCUT2D eigenvalue weighted by molar-refractivity contribution is 7.99. The lowest BCUT2D eigenvalue weighted by atomic mass is 9.96. The molecule has 0 saturated carbocycles. The van der Waals surface area contributed by atoms with Crippen LogP contribution in [0.15, 0.2) is 45.4 Å². The van der Waals surface area contributed by atoms with Gasteiger partial charge in [-0.25, -0.2) is 32.7 Å². The van der Waals surface area contributed by atoms with E-state index in [2.05, 4.69) is 21.0 Å². The van der Waals surface area contributed by atoms with Crippen LogP contribution in [0.4, 0.5) is 5.82 Å². The summed E-state index contributed by atoms with van der Waals surface area (Å²) in [6.45, 7) is 2.37. The van der Waals surface area contributed by atoms with Crippen LogP contribution in [0.25, 0.3) is 22.6 Å². The summed E-state index contributed by atoms with van der Waals surface area (Å²) in [5.74, 6) is 1.94. The van der Waals surface area contributed by atoms with Crippen LogP contribution < -0.4 is 10.5 Å². The third-order valence-electron chi connectivity index (χ3n) is 6.89. The summed E-state index contributed by atoms with van der Waals surface area (Å²) >= 11 is 1.47. The third-order valence-corrected chi connectivity index (χ3v) is 9.21. The summed E-state index contributed by atoms with van der Waals surface area (Å²) in [5.41, 5.74) is 9.35. The first-order chi connectivity index (χ1) is 17.9. The zero-order valence-electron chi connectivity index (χ0n) is 20.3. The molecule has 13 heteroatoms. The number of nitrogens with zero attached hydrogens (tertiary/aromatic N) is 6. The van der Waals surface area contributed by atoms with Gasteiger partial charge in [0.1, 0.15) is 18.3 Å². The van der Waals surface area contributed by atoms with Gasteiger partial charge in [0, 0.05) is 31.0 Å². The van der Waals surface area contributed by atoms with E-state index in [4.69, 9.17) is 19.9 Å². The van der Waals surface area contributed by atoms with Crippen molar-refractivity contribution in [2.24, 2.45) is 5.92 Å². The number of nitrogen functional groups attached to an aromatic ring is 1. The molecule has 5 heterocycles. The maximum Gasteiger partial charge on any atom is 0.227 e. The van der Waals surface area contributed by atoms with Gasteiger partial charge in [0.15, 0.2) is 22.1 Å². The summed E-state index contributed by atoms with van der Waals surface area (Å²) in [7, 11) is -3.21. The summed E-state index contributed by atoms with van der Waals surface area (Å²) in [5, 5.41) is 0.712. The molecule has 1 saturated heterocycles. The van der Waals surface area contributed by atoms with Gasteiger partial charge < -0.3 is 19.5 Å². The number of benzene rings is 1. The molecule has 37 heavy (non-hydrogen) atoms. The molecular weight excluding hydrogens is 514 g/mol. The predicted octanol–water partition coefficient (Wildman–Crippen LogP) is 3.21. The largest absolute Gasteiger partial charge is 0.493 e. The lowest BCUT2D eigenvalue weighted by Gasteiger charge is -2.31. The number of ether oxygens (including phenoxy) is 1. The van der Waals surface area contributed by atoms with Crippen molar-refractivity contribution in [2.45, 2.75) is 42.3 Å². The van der Waals surface area contributed by atoms with Crippen molar-refractivity contribution in [3.63, 3.8) is 0 Å². The van der Waals surface area contributed by atoms with E-state index in [-0.39, 0.29) is 5.92 Å². The number of aromatic nitrogens is 5. The molecule has 2 N–H and O–H groups in total. The van der Waals surface area contributed by atoms with Gasteiger partial charge in [0.05, 0.1) is 24.6 Å². The lowest BCUT2D eigenvalue weighted by Crippen LogP contribution is -2.39. The monoisotopic (exact) mass is 541 g/mol. The normalized spacial score (nSPS) is 18.2. The fourth-order valence-electron chi connectivity index (χ4n) is 5.00. The molecule has 0 bridgehead atoms. The predicted molar refractivity (Wildman–Crippen MR) is 139 cm³/mol. The zero-order chi connectivity index (χ0) is 25.6. The molecule has 2 aliphatic heterocycles. The first kappa shape index (κ1) is 24.2. The van der Waals surface area contributed by atoms with E-state index in [0.29, 0.717) is 54.3 Å². The van der Waals surface area contributed by atoms with E-state index in [1.54, 1.807) is 16.8 Å². The van der Waals surface area contributed by atoms with Gasteiger partial charge in [-0.15, -0.1) is 0 Å². The summed E-state index contributed by atoms with van der Waals surface area (Å²) < 4.78 is 39.3. The van der Waals surface area contributed by atoms with Gasteiger partial charge in [-0.05, 0) is 42.9 Å². The van der Waals surface area contributed by atoms with Crippen molar-refractivity contribution in [2.75, 3.05) is 31.7 Å². The van der Waals surface area contributed by atoms with Crippen LogP contribution in [0.2, 0.25) is 0 Å². The summed E-state index contributed by atoms with van der Waals surface area (Å²) in [4.78, 5) is 18.7. The molecule has 1 unspecified atom stereocenters. The molecule has 0 amide bonds. The molecule has 2 aliphatic rings. The Bertz CT molecular complexity index is 1550. The van der Waals surface area contributed by atoms with Crippen LogP contribution in [0.3, 0.4) is 0 Å². The number of hydrogen-bond acceptors (Lipinski definition) is 10. The van der Waals surface area contributed by atoms with Gasteiger partial charge in [-0.3, -0.25) is 0 Å². The van der Waals surface area contributed by atoms with Crippen LogP contribution in [0.5, 0.6) is 5.75 Å². The minimum absolute atomic E-state index is 0.245. The maximum absolute atomic E-state index is 12.1. The van der Waals surface area contributed by atoms with E-state index in [1.165, 1.54) is 24.3 Å². The number of oxazole rings is 1. The molecule has 0 spiro atoms. The Morgan fingerprint density at radius 3 is 2.95 bits per heavy atom. The molecular formula is C24H27N7O4S2. The Labute approximate surface area is 218 Å². The molecule has 1 atom stereocenters. The second kappa shape index (κ2) is 9.62. The van der Waals surface area contributed by atoms with Crippen LogP contribution >= 0.6 is 11.8 Å². The molecule has 0 aliphatic carbocycles. The second-order valence-electron chi connectivity index (χ2n) is 9.39. The minimum Gasteiger partial charge on any atom is -0.493 e. The molecule has 6 rings (SSSR count). The molecule has 11 nitrogen and oxygen atoms in total. The van der Waals surface area contributed by atoms with Gasteiger partial charge in [0.2, 0.25) is 15.9 Å². The van der Waals surface area contributed by atoms with E-state index < -0.39 is 10.0 Å². The number of hydrogen-bond donors (Lipinski definition) is 1. The van der Waals surface area contributed by atoms with Crippen molar-refractivity contribution >= 4 is 38.8 Å². The lowest BCUT2D eigenvalue weighted by molar-refractivity contribution is 0.249. The van der Waals surface area contributed by atoms with Gasteiger partial charge in [0.25, 0.3) is 0 Å². The number of aryl methyl sites for hydroxylation is 1. The van der Waals surface area contributed by atoms with Gasteiger partial charge >= 0.3 is 0 Å². The Morgan fingerprint density at radius 1 is 1.24 bits per heavy atom. The number of sulfonamides is 1.